The molecule has 0 N–H and O–H groups in total. The second-order valence-corrected chi connectivity index (χ2v) is 5.17. The van der Waals surface area contributed by atoms with E-state index in [9.17, 15) is 0 Å². The Morgan fingerprint density at radius 2 is 2.05 bits per heavy atom. The molecule has 0 unspecified atom stereocenters. The number of hydrogen-bond donors (Lipinski definition) is 0. The van der Waals surface area contributed by atoms with Crippen LogP contribution < -0.4 is 4.74 Å². The largest absolute Gasteiger partial charge is 0.496 e. The zero-order chi connectivity index (χ0) is 15.9. The van der Waals surface area contributed by atoms with Gasteiger partial charge in [-0.25, -0.2) is 0 Å². The van der Waals surface area contributed by atoms with Gasteiger partial charge >= 0.3 is 0 Å². The molecule has 1 aromatic heterocycles. The molecular formula is C16H23N3O3. The monoisotopic (exact) mass is 305 g/mol. The SMILES string of the molecule is CCOCc1cc(CN(C)Cc2nnc(C)o2)ccc1OC. The molecule has 0 fully saturated rings. The van der Waals surface area contributed by atoms with E-state index in [2.05, 4.69) is 27.2 Å². The summed E-state index contributed by atoms with van der Waals surface area (Å²) in [4.78, 5) is 2.12. The second kappa shape index (κ2) is 7.91. The quantitative estimate of drug-likeness (QED) is 0.747. The molecule has 2 aromatic rings. The number of nitrogens with zero attached hydrogens (tertiary/aromatic N) is 3. The fraction of sp³-hybridized carbons (Fsp3) is 0.500. The molecule has 0 spiro atoms. The van der Waals surface area contributed by atoms with Crippen LogP contribution in [0.15, 0.2) is 22.6 Å². The first-order valence-corrected chi connectivity index (χ1v) is 7.33. The Morgan fingerprint density at radius 3 is 2.68 bits per heavy atom. The molecule has 0 radical (unpaired) electrons. The summed E-state index contributed by atoms with van der Waals surface area (Å²) in [6, 6.07) is 6.16. The topological polar surface area (TPSA) is 60.6 Å². The van der Waals surface area contributed by atoms with Gasteiger partial charge in [0.2, 0.25) is 11.8 Å². The smallest absolute Gasteiger partial charge is 0.230 e. The van der Waals surface area contributed by atoms with Crippen LogP contribution in [0.1, 0.15) is 29.8 Å². The van der Waals surface area contributed by atoms with Gasteiger partial charge in [0.25, 0.3) is 0 Å². The summed E-state index contributed by atoms with van der Waals surface area (Å²) in [5.41, 5.74) is 2.25. The highest BCUT2D eigenvalue weighted by Crippen LogP contribution is 2.21. The summed E-state index contributed by atoms with van der Waals surface area (Å²) in [6.45, 7) is 6.42. The van der Waals surface area contributed by atoms with Gasteiger partial charge in [-0.2, -0.15) is 0 Å². The average molecular weight is 305 g/mol. The number of hydrogen-bond acceptors (Lipinski definition) is 6. The Kier molecular flexibility index (Phi) is 5.91. The van der Waals surface area contributed by atoms with E-state index < -0.39 is 0 Å². The first-order valence-electron chi connectivity index (χ1n) is 7.33. The van der Waals surface area contributed by atoms with Crippen LogP contribution in [0.25, 0.3) is 0 Å². The summed E-state index contributed by atoms with van der Waals surface area (Å²) in [5, 5.41) is 7.86. The molecular weight excluding hydrogens is 282 g/mol. The fourth-order valence-electron chi connectivity index (χ4n) is 2.25. The molecule has 0 saturated heterocycles. The molecule has 0 saturated carbocycles. The third-order valence-corrected chi connectivity index (χ3v) is 3.23. The molecule has 6 heteroatoms. The van der Waals surface area contributed by atoms with Crippen molar-refractivity contribution in [1.82, 2.24) is 15.1 Å². The lowest BCUT2D eigenvalue weighted by molar-refractivity contribution is 0.132. The Balaban J connectivity index is 2.01. The summed E-state index contributed by atoms with van der Waals surface area (Å²) >= 11 is 0. The van der Waals surface area contributed by atoms with Crippen molar-refractivity contribution in [3.05, 3.63) is 41.1 Å². The fourth-order valence-corrected chi connectivity index (χ4v) is 2.25. The van der Waals surface area contributed by atoms with Crippen LogP contribution in [0.5, 0.6) is 5.75 Å². The minimum absolute atomic E-state index is 0.556. The predicted octanol–water partition coefficient (Wildman–Crippen LogP) is 2.56. The van der Waals surface area contributed by atoms with Gasteiger partial charge in [-0.05, 0) is 31.7 Å². The summed E-state index contributed by atoms with van der Waals surface area (Å²) in [5.74, 6) is 2.07. The van der Waals surface area contributed by atoms with Gasteiger partial charge in [-0.1, -0.05) is 6.07 Å². The van der Waals surface area contributed by atoms with Crippen LogP contribution in [0.4, 0.5) is 0 Å². The molecule has 0 amide bonds. The lowest BCUT2D eigenvalue weighted by Gasteiger charge is -2.16. The van der Waals surface area contributed by atoms with E-state index in [0.29, 0.717) is 31.5 Å². The van der Waals surface area contributed by atoms with E-state index in [1.54, 1.807) is 14.0 Å². The van der Waals surface area contributed by atoms with Gasteiger partial charge in [0, 0.05) is 25.6 Å². The van der Waals surface area contributed by atoms with Gasteiger partial charge in [0.05, 0.1) is 20.3 Å². The van der Waals surface area contributed by atoms with Gasteiger partial charge in [-0.15, -0.1) is 10.2 Å². The average Bonchev–Trinajstić information content (AvgIpc) is 2.90. The molecule has 0 aliphatic carbocycles. The summed E-state index contributed by atoms with van der Waals surface area (Å²) < 4.78 is 16.3. The Labute approximate surface area is 131 Å². The van der Waals surface area contributed by atoms with Crippen LogP contribution in [-0.2, 0) is 24.4 Å². The summed E-state index contributed by atoms with van der Waals surface area (Å²) in [7, 11) is 3.69. The first-order chi connectivity index (χ1) is 10.6. The zero-order valence-corrected chi connectivity index (χ0v) is 13.6. The molecule has 0 atom stereocenters. The molecule has 0 bridgehead atoms. The van der Waals surface area contributed by atoms with E-state index in [1.807, 2.05) is 20.0 Å². The number of methoxy groups -OCH3 is 1. The van der Waals surface area contributed by atoms with E-state index in [1.165, 1.54) is 5.56 Å². The van der Waals surface area contributed by atoms with Crippen molar-refractivity contribution in [3.8, 4) is 5.75 Å². The minimum Gasteiger partial charge on any atom is -0.496 e. The summed E-state index contributed by atoms with van der Waals surface area (Å²) in [6.07, 6.45) is 0. The lowest BCUT2D eigenvalue weighted by atomic mass is 10.1. The molecule has 1 heterocycles. The lowest BCUT2D eigenvalue weighted by Crippen LogP contribution is -2.17. The highest BCUT2D eigenvalue weighted by Gasteiger charge is 2.09. The molecule has 0 aliphatic rings. The maximum Gasteiger partial charge on any atom is 0.230 e. The number of ether oxygens (including phenoxy) is 2. The first kappa shape index (κ1) is 16.5. The van der Waals surface area contributed by atoms with Crippen LogP contribution in [0, 0.1) is 6.92 Å². The van der Waals surface area contributed by atoms with Crippen molar-refractivity contribution >= 4 is 0 Å². The van der Waals surface area contributed by atoms with Crippen molar-refractivity contribution in [2.45, 2.75) is 33.5 Å². The number of aromatic nitrogens is 2. The number of benzene rings is 1. The molecule has 6 nitrogen and oxygen atoms in total. The predicted molar refractivity (Wildman–Crippen MR) is 82.5 cm³/mol. The van der Waals surface area contributed by atoms with Crippen molar-refractivity contribution in [3.63, 3.8) is 0 Å². The van der Waals surface area contributed by atoms with Gasteiger partial charge < -0.3 is 13.9 Å². The highest BCUT2D eigenvalue weighted by atomic mass is 16.5. The van der Waals surface area contributed by atoms with E-state index in [-0.39, 0.29) is 0 Å². The third kappa shape index (κ3) is 4.54. The van der Waals surface area contributed by atoms with Crippen LogP contribution in [0.2, 0.25) is 0 Å². The van der Waals surface area contributed by atoms with Crippen molar-refractivity contribution in [2.75, 3.05) is 20.8 Å². The Morgan fingerprint density at radius 1 is 1.23 bits per heavy atom. The highest BCUT2D eigenvalue weighted by molar-refractivity contribution is 5.36. The van der Waals surface area contributed by atoms with Crippen LogP contribution in [0.3, 0.4) is 0 Å². The Bertz CT molecular complexity index is 598. The molecule has 120 valence electrons. The maximum absolute atomic E-state index is 5.49. The molecule has 22 heavy (non-hydrogen) atoms. The maximum atomic E-state index is 5.49. The molecule has 2 rings (SSSR count). The number of rotatable bonds is 8. The van der Waals surface area contributed by atoms with Crippen molar-refractivity contribution in [1.29, 1.82) is 0 Å². The standard InChI is InChI=1S/C16H23N3O3/c1-5-21-11-14-8-13(6-7-15(14)20-4)9-19(3)10-16-18-17-12(2)22-16/h6-8H,5,9-11H2,1-4H3. The van der Waals surface area contributed by atoms with Crippen LogP contribution >= 0.6 is 0 Å². The third-order valence-electron chi connectivity index (χ3n) is 3.23. The second-order valence-electron chi connectivity index (χ2n) is 5.17. The van der Waals surface area contributed by atoms with Crippen molar-refractivity contribution in [2.24, 2.45) is 0 Å². The van der Waals surface area contributed by atoms with Crippen molar-refractivity contribution < 1.29 is 13.9 Å². The minimum atomic E-state index is 0.556. The van der Waals surface area contributed by atoms with Gasteiger partial charge in [0.1, 0.15) is 5.75 Å². The molecule has 0 aliphatic heterocycles. The van der Waals surface area contributed by atoms with E-state index >= 15 is 0 Å². The normalized spacial score (nSPS) is 11.1. The van der Waals surface area contributed by atoms with Gasteiger partial charge in [0.15, 0.2) is 0 Å². The number of aryl methyl sites for hydroxylation is 1. The van der Waals surface area contributed by atoms with Crippen LogP contribution in [-0.4, -0.2) is 35.9 Å². The zero-order valence-electron chi connectivity index (χ0n) is 13.6. The Hall–Kier alpha value is -1.92. The van der Waals surface area contributed by atoms with E-state index in [4.69, 9.17) is 13.9 Å². The molecule has 1 aromatic carbocycles. The van der Waals surface area contributed by atoms with E-state index in [0.717, 1.165) is 17.9 Å². The van der Waals surface area contributed by atoms with Gasteiger partial charge in [-0.3, -0.25) is 4.90 Å².